The third-order valence-electron chi connectivity index (χ3n) is 3.53. The highest BCUT2D eigenvalue weighted by atomic mass is 32.1. The molecule has 0 aliphatic heterocycles. The molecule has 3 aromatic heterocycles. The van der Waals surface area contributed by atoms with Gasteiger partial charge in [-0.05, 0) is 38.5 Å². The van der Waals surface area contributed by atoms with Crippen molar-refractivity contribution in [1.82, 2.24) is 15.0 Å². The minimum absolute atomic E-state index is 0.00548. The van der Waals surface area contributed by atoms with Gasteiger partial charge < -0.3 is 15.8 Å². The molecule has 0 atom stereocenters. The third-order valence-corrected chi connectivity index (χ3v) is 4.73. The van der Waals surface area contributed by atoms with E-state index in [0.717, 1.165) is 26.3 Å². The van der Waals surface area contributed by atoms with Crippen LogP contribution in [-0.4, -0.2) is 27.0 Å². The molecular formula is C17H19N5O2S. The minimum atomic E-state index is -0.364. The summed E-state index contributed by atoms with van der Waals surface area (Å²) in [5.74, 6) is 0.794. The molecule has 0 saturated carbocycles. The summed E-state index contributed by atoms with van der Waals surface area (Å²) in [4.78, 5) is 25.9. The maximum atomic E-state index is 11.3. The fraction of sp³-hybridized carbons (Fsp3) is 0.294. The lowest BCUT2D eigenvalue weighted by molar-refractivity contribution is -0.117. The monoisotopic (exact) mass is 357 g/mol. The predicted octanol–water partition coefficient (Wildman–Crippen LogP) is 2.95. The zero-order valence-corrected chi connectivity index (χ0v) is 15.1. The van der Waals surface area contributed by atoms with Crippen LogP contribution in [0.3, 0.4) is 0 Å². The van der Waals surface area contributed by atoms with Crippen LogP contribution in [0.4, 0.5) is 11.5 Å². The lowest BCUT2D eigenvalue weighted by atomic mass is 10.1. The number of carbonyl (C=O) groups excluding carboxylic acids is 1. The van der Waals surface area contributed by atoms with Crippen molar-refractivity contribution in [1.29, 1.82) is 0 Å². The lowest BCUT2D eigenvalue weighted by Gasteiger charge is -2.14. The second-order valence-electron chi connectivity index (χ2n) is 5.84. The first-order chi connectivity index (χ1) is 12.0. The van der Waals surface area contributed by atoms with Gasteiger partial charge in [-0.1, -0.05) is 0 Å². The number of carbonyl (C=O) groups is 1. The molecule has 0 aliphatic carbocycles. The molecule has 25 heavy (non-hydrogen) atoms. The Hall–Kier alpha value is -2.74. The summed E-state index contributed by atoms with van der Waals surface area (Å²) in [6, 6.07) is 3.71. The van der Waals surface area contributed by atoms with Crippen molar-refractivity contribution >= 4 is 39.0 Å². The molecule has 3 N–H and O–H groups in total. The Kier molecular flexibility index (Phi) is 4.80. The third kappa shape index (κ3) is 3.69. The maximum absolute atomic E-state index is 11.3. The van der Waals surface area contributed by atoms with Gasteiger partial charge >= 0.3 is 0 Å². The van der Waals surface area contributed by atoms with Crippen LogP contribution >= 0.6 is 11.3 Å². The van der Waals surface area contributed by atoms with Crippen LogP contribution < -0.4 is 15.8 Å². The molecule has 0 aromatic carbocycles. The van der Waals surface area contributed by atoms with E-state index in [1.54, 1.807) is 6.20 Å². The van der Waals surface area contributed by atoms with Crippen LogP contribution in [0.5, 0.6) is 5.88 Å². The number of ether oxygens (including phenoxy) is 1. The number of primary amides is 1. The average molecular weight is 357 g/mol. The Morgan fingerprint density at radius 3 is 2.88 bits per heavy atom. The van der Waals surface area contributed by atoms with E-state index in [4.69, 9.17) is 10.5 Å². The zero-order valence-electron chi connectivity index (χ0n) is 14.2. The van der Waals surface area contributed by atoms with E-state index in [-0.39, 0.29) is 18.4 Å². The number of anilines is 2. The minimum Gasteiger partial charge on any atom is -0.473 e. The van der Waals surface area contributed by atoms with E-state index >= 15 is 0 Å². The second-order valence-corrected chi connectivity index (χ2v) is 6.93. The van der Waals surface area contributed by atoms with Crippen LogP contribution in [0, 0.1) is 6.92 Å². The number of nitrogens with two attached hydrogens (primary N) is 1. The van der Waals surface area contributed by atoms with E-state index in [0.29, 0.717) is 11.7 Å². The molecule has 0 radical (unpaired) electrons. The summed E-state index contributed by atoms with van der Waals surface area (Å²) in [7, 11) is 0. The van der Waals surface area contributed by atoms with Crippen LogP contribution in [0.1, 0.15) is 24.3 Å². The molecule has 0 bridgehead atoms. The normalized spacial score (nSPS) is 11.0. The van der Waals surface area contributed by atoms with Crippen molar-refractivity contribution < 1.29 is 9.53 Å². The summed E-state index contributed by atoms with van der Waals surface area (Å²) in [5, 5.41) is 4.16. The highest BCUT2D eigenvalue weighted by Gasteiger charge is 2.17. The highest BCUT2D eigenvalue weighted by Crippen LogP contribution is 2.35. The number of aryl methyl sites for hydroxylation is 1. The van der Waals surface area contributed by atoms with E-state index in [2.05, 4.69) is 20.3 Å². The Bertz CT molecular complexity index is 923. The fourth-order valence-electron chi connectivity index (χ4n) is 2.47. The molecule has 3 rings (SSSR count). The number of fused-ring (bicyclic) bond motifs is 1. The van der Waals surface area contributed by atoms with Gasteiger partial charge in [-0.15, -0.1) is 11.3 Å². The van der Waals surface area contributed by atoms with Crippen LogP contribution in [0.15, 0.2) is 24.7 Å². The molecule has 130 valence electrons. The molecule has 3 heterocycles. The van der Waals surface area contributed by atoms with Gasteiger partial charge in [0.1, 0.15) is 22.7 Å². The first-order valence-electron chi connectivity index (χ1n) is 7.85. The summed E-state index contributed by atoms with van der Waals surface area (Å²) < 4.78 is 5.74. The van der Waals surface area contributed by atoms with Crippen molar-refractivity contribution in [3.8, 4) is 5.88 Å². The van der Waals surface area contributed by atoms with E-state index in [1.807, 2.05) is 32.9 Å². The number of nitrogens with zero attached hydrogens (tertiary/aromatic N) is 3. The van der Waals surface area contributed by atoms with Crippen molar-refractivity contribution in [2.75, 3.05) is 5.32 Å². The Balaban J connectivity index is 2.03. The topological polar surface area (TPSA) is 103 Å². The lowest BCUT2D eigenvalue weighted by Crippen LogP contribution is -2.13. The smallest absolute Gasteiger partial charge is 0.237 e. The standard InChI is InChI=1S/C17H19N5O2S/c1-9(2)24-16-11(5-4-6-19-16)22-15-14-10(3)12(7-13(18)23)25-17(14)21-8-20-15/h4-6,8-9H,7H2,1-3H3,(H2,18,23)(H,20,21,22). The molecular weight excluding hydrogens is 338 g/mol. The SMILES string of the molecule is Cc1c(CC(N)=O)sc2ncnc(Nc3cccnc3OC(C)C)c12. The van der Waals surface area contributed by atoms with Gasteiger partial charge in [-0.25, -0.2) is 15.0 Å². The first-order valence-corrected chi connectivity index (χ1v) is 8.67. The van der Waals surface area contributed by atoms with Crippen molar-refractivity contribution in [3.63, 3.8) is 0 Å². The molecule has 3 aromatic rings. The second kappa shape index (κ2) is 7.02. The number of pyridine rings is 1. The van der Waals surface area contributed by atoms with Gasteiger partial charge in [0.05, 0.1) is 17.9 Å². The number of amides is 1. The summed E-state index contributed by atoms with van der Waals surface area (Å²) in [6.45, 7) is 5.83. The zero-order chi connectivity index (χ0) is 18.0. The van der Waals surface area contributed by atoms with Gasteiger partial charge in [0.2, 0.25) is 11.8 Å². The van der Waals surface area contributed by atoms with E-state index < -0.39 is 0 Å². The van der Waals surface area contributed by atoms with Gasteiger partial charge in [0.15, 0.2) is 0 Å². The summed E-state index contributed by atoms with van der Waals surface area (Å²) >= 11 is 1.45. The van der Waals surface area contributed by atoms with Gasteiger partial charge in [-0.2, -0.15) is 0 Å². The number of rotatable bonds is 6. The van der Waals surface area contributed by atoms with E-state index in [9.17, 15) is 4.79 Å². The Labute approximate surface area is 149 Å². The number of hydrogen-bond donors (Lipinski definition) is 2. The van der Waals surface area contributed by atoms with Gasteiger partial charge in [0.25, 0.3) is 0 Å². The van der Waals surface area contributed by atoms with Crippen molar-refractivity contribution in [3.05, 3.63) is 35.1 Å². The quantitative estimate of drug-likeness (QED) is 0.703. The van der Waals surface area contributed by atoms with Crippen LogP contribution in [-0.2, 0) is 11.2 Å². The molecule has 0 spiro atoms. The maximum Gasteiger partial charge on any atom is 0.237 e. The average Bonchev–Trinajstić information content (AvgIpc) is 2.85. The molecule has 1 amide bonds. The van der Waals surface area contributed by atoms with E-state index in [1.165, 1.54) is 17.7 Å². The first kappa shape index (κ1) is 17.1. The van der Waals surface area contributed by atoms with Crippen LogP contribution in [0.25, 0.3) is 10.2 Å². The highest BCUT2D eigenvalue weighted by molar-refractivity contribution is 7.19. The number of nitrogens with one attached hydrogen (secondary N) is 1. The largest absolute Gasteiger partial charge is 0.473 e. The van der Waals surface area contributed by atoms with Crippen molar-refractivity contribution in [2.24, 2.45) is 5.73 Å². The fourth-order valence-corrected chi connectivity index (χ4v) is 3.62. The van der Waals surface area contributed by atoms with Gasteiger partial charge in [-0.3, -0.25) is 4.79 Å². The number of thiophene rings is 1. The predicted molar refractivity (Wildman–Crippen MR) is 98.3 cm³/mol. The molecule has 0 fully saturated rings. The summed E-state index contributed by atoms with van der Waals surface area (Å²) in [6.07, 6.45) is 3.37. The molecule has 0 saturated heterocycles. The van der Waals surface area contributed by atoms with Crippen LogP contribution in [0.2, 0.25) is 0 Å². The van der Waals surface area contributed by atoms with Crippen molar-refractivity contribution in [2.45, 2.75) is 33.3 Å². The molecule has 8 heteroatoms. The van der Waals surface area contributed by atoms with Gasteiger partial charge in [0, 0.05) is 11.1 Å². The molecule has 0 unspecified atom stereocenters. The summed E-state index contributed by atoms with van der Waals surface area (Å²) in [5.41, 5.74) is 7.01. The number of aromatic nitrogens is 3. The molecule has 0 aliphatic rings. The Morgan fingerprint density at radius 1 is 1.36 bits per heavy atom. The molecule has 7 nitrogen and oxygen atoms in total. The Morgan fingerprint density at radius 2 is 2.16 bits per heavy atom. The number of hydrogen-bond acceptors (Lipinski definition) is 7.